The van der Waals surface area contributed by atoms with Gasteiger partial charge in [-0.25, -0.2) is 0 Å². The number of amides is 2. The molecule has 0 aliphatic carbocycles. The lowest BCUT2D eigenvalue weighted by Gasteiger charge is -2.28. The van der Waals surface area contributed by atoms with Gasteiger partial charge in [-0.05, 0) is 61.1 Å². The largest absolute Gasteiger partial charge is 0.377 e. The predicted octanol–water partition coefficient (Wildman–Crippen LogP) is 5.26. The van der Waals surface area contributed by atoms with Gasteiger partial charge in [-0.15, -0.1) is 0 Å². The van der Waals surface area contributed by atoms with Gasteiger partial charge in [0.05, 0.1) is 6.10 Å². The summed E-state index contributed by atoms with van der Waals surface area (Å²) in [6.45, 7) is 9.86. The van der Waals surface area contributed by atoms with Crippen LogP contribution in [0.2, 0.25) is 0 Å². The number of ether oxygens (including phenoxy) is 1. The first kappa shape index (κ1) is 25.8. The second kappa shape index (κ2) is 11.0. The number of hydrogen-bond donors (Lipinski definition) is 1. The van der Waals surface area contributed by atoms with E-state index < -0.39 is 0 Å². The van der Waals surface area contributed by atoms with Gasteiger partial charge in [-0.2, -0.15) is 0 Å². The van der Waals surface area contributed by atoms with Crippen molar-refractivity contribution in [1.29, 1.82) is 0 Å². The molecule has 1 aliphatic rings. The van der Waals surface area contributed by atoms with Crippen molar-refractivity contribution < 1.29 is 14.3 Å². The molecule has 6 heteroatoms. The third kappa shape index (κ3) is 7.32. The van der Waals surface area contributed by atoms with Crippen LogP contribution in [0.5, 0.6) is 0 Å². The van der Waals surface area contributed by atoms with E-state index in [1.165, 1.54) is 0 Å². The van der Waals surface area contributed by atoms with E-state index in [4.69, 9.17) is 4.74 Å². The third-order valence-corrected chi connectivity index (χ3v) is 5.90. The van der Waals surface area contributed by atoms with Crippen molar-refractivity contribution in [2.75, 3.05) is 37.5 Å². The first-order chi connectivity index (χ1) is 16.0. The number of benzene rings is 2. The molecule has 2 aromatic carbocycles. The number of nitrogens with zero attached hydrogens (tertiary/aromatic N) is 2. The summed E-state index contributed by atoms with van der Waals surface area (Å²) >= 11 is 0. The number of anilines is 2. The van der Waals surface area contributed by atoms with Crippen LogP contribution in [0.25, 0.3) is 0 Å². The van der Waals surface area contributed by atoms with Crippen molar-refractivity contribution in [1.82, 2.24) is 4.90 Å². The highest BCUT2D eigenvalue weighted by Gasteiger charge is 2.25. The molecule has 1 heterocycles. The van der Waals surface area contributed by atoms with E-state index in [0.717, 1.165) is 42.0 Å². The van der Waals surface area contributed by atoms with Crippen molar-refractivity contribution >= 4 is 23.2 Å². The number of nitrogens with one attached hydrogen (secondary N) is 1. The van der Waals surface area contributed by atoms with E-state index >= 15 is 0 Å². The Morgan fingerprint density at radius 2 is 1.88 bits per heavy atom. The quantitative estimate of drug-likeness (QED) is 0.578. The lowest BCUT2D eigenvalue weighted by molar-refractivity contribution is -0.117. The maximum absolute atomic E-state index is 13.6. The summed E-state index contributed by atoms with van der Waals surface area (Å²) in [5, 5.41) is 3.03. The highest BCUT2D eigenvalue weighted by Crippen LogP contribution is 2.27. The van der Waals surface area contributed by atoms with Crippen LogP contribution < -0.4 is 10.2 Å². The molecule has 0 radical (unpaired) electrons. The molecule has 184 valence electrons. The summed E-state index contributed by atoms with van der Waals surface area (Å²) in [6, 6.07) is 13.6. The molecule has 1 N–H and O–H groups in total. The molecule has 3 rings (SSSR count). The molecule has 0 aromatic heterocycles. The van der Waals surface area contributed by atoms with Gasteiger partial charge in [0.25, 0.3) is 5.91 Å². The fourth-order valence-corrected chi connectivity index (χ4v) is 4.33. The van der Waals surface area contributed by atoms with Crippen LogP contribution in [0, 0.1) is 12.3 Å². The van der Waals surface area contributed by atoms with E-state index in [9.17, 15) is 9.59 Å². The standard InChI is InChI=1S/C28H39N3O3/c1-20-9-7-10-21(15-20)27(33)31(19-24-11-8-14-34-24)18-22-16-23(12-13-25(22)30(5)6)29-26(32)17-28(2,3)4/h7,9-10,12-13,15-16,24H,8,11,14,17-19H2,1-6H3,(H,29,32)/t24-/m0/s1. The van der Waals surface area contributed by atoms with Gasteiger partial charge in [-0.1, -0.05) is 38.5 Å². The smallest absolute Gasteiger partial charge is 0.254 e. The van der Waals surface area contributed by atoms with Crippen molar-refractivity contribution in [3.8, 4) is 0 Å². The Kier molecular flexibility index (Phi) is 8.37. The maximum atomic E-state index is 13.6. The number of rotatable bonds is 8. The van der Waals surface area contributed by atoms with Crippen LogP contribution >= 0.6 is 0 Å². The Balaban J connectivity index is 1.89. The molecule has 2 amide bonds. The first-order valence-corrected chi connectivity index (χ1v) is 12.1. The monoisotopic (exact) mass is 465 g/mol. The predicted molar refractivity (Wildman–Crippen MR) is 138 cm³/mol. The molecule has 6 nitrogen and oxygen atoms in total. The van der Waals surface area contributed by atoms with Crippen LogP contribution in [0.3, 0.4) is 0 Å². The normalized spacial score (nSPS) is 15.8. The van der Waals surface area contributed by atoms with Gasteiger partial charge in [-0.3, -0.25) is 9.59 Å². The van der Waals surface area contributed by atoms with Crippen LogP contribution in [0.15, 0.2) is 42.5 Å². The zero-order chi connectivity index (χ0) is 24.9. The Labute approximate surface area is 204 Å². The molecule has 34 heavy (non-hydrogen) atoms. The van der Waals surface area contributed by atoms with Crippen LogP contribution in [-0.4, -0.2) is 50.1 Å². The third-order valence-electron chi connectivity index (χ3n) is 5.90. The summed E-state index contributed by atoms with van der Waals surface area (Å²) in [5.41, 5.74) is 4.39. The van der Waals surface area contributed by atoms with E-state index in [2.05, 4.69) is 5.32 Å². The Morgan fingerprint density at radius 1 is 1.12 bits per heavy atom. The van der Waals surface area contributed by atoms with E-state index in [1.807, 2.05) is 94.1 Å². The fourth-order valence-electron chi connectivity index (χ4n) is 4.33. The van der Waals surface area contributed by atoms with E-state index in [1.54, 1.807) is 0 Å². The number of aryl methyl sites for hydroxylation is 1. The lowest BCUT2D eigenvalue weighted by Crippen LogP contribution is -2.37. The Morgan fingerprint density at radius 3 is 2.50 bits per heavy atom. The Bertz CT molecular complexity index is 1000. The van der Waals surface area contributed by atoms with Gasteiger partial charge in [0, 0.05) is 57.2 Å². The number of carbonyl (C=O) groups excluding carboxylic acids is 2. The van der Waals surface area contributed by atoms with Crippen molar-refractivity contribution in [3.05, 3.63) is 59.2 Å². The minimum absolute atomic E-state index is 0.00826. The zero-order valence-corrected chi connectivity index (χ0v) is 21.5. The molecule has 1 aliphatic heterocycles. The van der Waals surface area contributed by atoms with Gasteiger partial charge in [0.15, 0.2) is 0 Å². The highest BCUT2D eigenvalue weighted by atomic mass is 16.5. The second-order valence-corrected chi connectivity index (χ2v) is 10.7. The molecular formula is C28H39N3O3. The number of carbonyl (C=O) groups is 2. The SMILES string of the molecule is Cc1cccc(C(=O)N(Cc2cc(NC(=O)CC(C)(C)C)ccc2N(C)C)C[C@@H]2CCCO2)c1. The summed E-state index contributed by atoms with van der Waals surface area (Å²) in [7, 11) is 3.98. The van der Waals surface area contributed by atoms with Gasteiger partial charge in [0.2, 0.25) is 5.91 Å². The minimum atomic E-state index is -0.0885. The molecular weight excluding hydrogens is 426 g/mol. The van der Waals surface area contributed by atoms with Crippen LogP contribution in [0.4, 0.5) is 11.4 Å². The summed E-state index contributed by atoms with van der Waals surface area (Å²) in [5.74, 6) is -0.0193. The second-order valence-electron chi connectivity index (χ2n) is 10.7. The molecule has 0 unspecified atom stereocenters. The van der Waals surface area contributed by atoms with Crippen LogP contribution in [-0.2, 0) is 16.1 Å². The van der Waals surface area contributed by atoms with Crippen molar-refractivity contribution in [2.45, 2.75) is 59.6 Å². The van der Waals surface area contributed by atoms with Crippen molar-refractivity contribution in [2.24, 2.45) is 5.41 Å². The molecule has 1 fully saturated rings. The molecule has 2 aromatic rings. The average molecular weight is 466 g/mol. The van der Waals surface area contributed by atoms with Gasteiger partial charge in [0.1, 0.15) is 0 Å². The Hall–Kier alpha value is -2.86. The molecule has 0 spiro atoms. The van der Waals surface area contributed by atoms with Crippen LogP contribution in [0.1, 0.15) is 61.5 Å². The molecule has 0 saturated carbocycles. The minimum Gasteiger partial charge on any atom is -0.377 e. The first-order valence-electron chi connectivity index (χ1n) is 12.1. The topological polar surface area (TPSA) is 61.9 Å². The van der Waals surface area contributed by atoms with Gasteiger partial charge < -0.3 is 19.9 Å². The summed E-state index contributed by atoms with van der Waals surface area (Å²) in [6.07, 6.45) is 2.47. The average Bonchev–Trinajstić information content (AvgIpc) is 3.24. The maximum Gasteiger partial charge on any atom is 0.254 e. The number of hydrogen-bond acceptors (Lipinski definition) is 4. The molecule has 1 atom stereocenters. The molecule has 1 saturated heterocycles. The highest BCUT2D eigenvalue weighted by molar-refractivity contribution is 5.94. The zero-order valence-electron chi connectivity index (χ0n) is 21.5. The van der Waals surface area contributed by atoms with Crippen molar-refractivity contribution in [3.63, 3.8) is 0 Å². The van der Waals surface area contributed by atoms with E-state index in [0.29, 0.717) is 25.1 Å². The van der Waals surface area contributed by atoms with E-state index in [-0.39, 0.29) is 23.3 Å². The fraction of sp³-hybridized carbons (Fsp3) is 0.500. The molecule has 0 bridgehead atoms. The summed E-state index contributed by atoms with van der Waals surface area (Å²) in [4.78, 5) is 30.0. The summed E-state index contributed by atoms with van der Waals surface area (Å²) < 4.78 is 5.87. The lowest BCUT2D eigenvalue weighted by atomic mass is 9.92. The van der Waals surface area contributed by atoms with Gasteiger partial charge >= 0.3 is 0 Å².